The van der Waals surface area contributed by atoms with Crippen LogP contribution in [0.1, 0.15) is 41.0 Å². The van der Waals surface area contributed by atoms with Gasteiger partial charge in [-0.15, -0.1) is 0 Å². The summed E-state index contributed by atoms with van der Waals surface area (Å²) in [5, 5.41) is 0.541. The predicted molar refractivity (Wildman–Crippen MR) is 62.5 cm³/mol. The van der Waals surface area contributed by atoms with Crippen molar-refractivity contribution >= 4 is 17.8 Å². The maximum Gasteiger partial charge on any atom is 0.335 e. The first-order chi connectivity index (χ1) is 8.56. The number of hydroxylamine groups is 2. The molecule has 0 aliphatic carbocycles. The minimum atomic E-state index is -0.591. The van der Waals surface area contributed by atoms with Crippen LogP contribution in [0, 0.1) is 5.92 Å². The largest absolute Gasteiger partial charge is 0.335 e. The Hall–Kier alpha value is -2.17. The molecule has 0 saturated carbocycles. The molecule has 94 valence electrons. The van der Waals surface area contributed by atoms with Gasteiger partial charge in [0.25, 0.3) is 11.8 Å². The average molecular weight is 247 g/mol. The summed E-state index contributed by atoms with van der Waals surface area (Å²) < 4.78 is 0. The fourth-order valence-electron chi connectivity index (χ4n) is 1.60. The Morgan fingerprint density at radius 2 is 1.72 bits per heavy atom. The monoisotopic (exact) mass is 247 g/mol. The van der Waals surface area contributed by atoms with Gasteiger partial charge in [0.05, 0.1) is 17.0 Å². The lowest BCUT2D eigenvalue weighted by molar-refractivity contribution is -0.173. The smallest absolute Gasteiger partial charge is 0.329 e. The summed E-state index contributed by atoms with van der Waals surface area (Å²) in [5.41, 5.74) is 0.527. The van der Waals surface area contributed by atoms with Crippen LogP contribution in [0.2, 0.25) is 0 Å². The number of nitrogens with zero attached hydrogens (tertiary/aromatic N) is 1. The lowest BCUT2D eigenvalue weighted by Crippen LogP contribution is -2.34. The SMILES string of the molecule is CCC(C)C(=O)ON1C(=O)c2ccccc2C1=O. The number of carbonyl (C=O) groups excluding carboxylic acids is 3. The minimum Gasteiger partial charge on any atom is -0.329 e. The zero-order valence-corrected chi connectivity index (χ0v) is 10.2. The molecule has 1 heterocycles. The second-order valence-corrected chi connectivity index (χ2v) is 4.17. The summed E-state index contributed by atoms with van der Waals surface area (Å²) >= 11 is 0. The number of amides is 2. The van der Waals surface area contributed by atoms with Gasteiger partial charge in [-0.3, -0.25) is 9.59 Å². The zero-order chi connectivity index (χ0) is 13.3. The second-order valence-electron chi connectivity index (χ2n) is 4.17. The van der Waals surface area contributed by atoms with Crippen molar-refractivity contribution in [3.05, 3.63) is 35.4 Å². The van der Waals surface area contributed by atoms with Crippen molar-refractivity contribution in [2.75, 3.05) is 0 Å². The molecule has 1 aromatic carbocycles. The maximum absolute atomic E-state index is 11.9. The van der Waals surface area contributed by atoms with Gasteiger partial charge in [0.15, 0.2) is 0 Å². The summed E-state index contributed by atoms with van der Waals surface area (Å²) in [6, 6.07) is 6.38. The van der Waals surface area contributed by atoms with Gasteiger partial charge in [-0.25, -0.2) is 4.79 Å². The Balaban J connectivity index is 2.22. The van der Waals surface area contributed by atoms with E-state index in [9.17, 15) is 14.4 Å². The van der Waals surface area contributed by atoms with Gasteiger partial charge in [0.2, 0.25) is 0 Å². The Kier molecular flexibility index (Phi) is 3.14. The molecule has 0 radical (unpaired) electrons. The number of rotatable bonds is 3. The van der Waals surface area contributed by atoms with Crippen LogP contribution in [0.25, 0.3) is 0 Å². The highest BCUT2D eigenvalue weighted by Crippen LogP contribution is 2.23. The fourth-order valence-corrected chi connectivity index (χ4v) is 1.60. The molecule has 5 nitrogen and oxygen atoms in total. The first kappa shape index (κ1) is 12.3. The fraction of sp³-hybridized carbons (Fsp3) is 0.308. The third kappa shape index (κ3) is 1.88. The summed E-state index contributed by atoms with van der Waals surface area (Å²) in [4.78, 5) is 40.2. The van der Waals surface area contributed by atoms with Crippen molar-refractivity contribution in [2.45, 2.75) is 20.3 Å². The number of hydrogen-bond acceptors (Lipinski definition) is 4. The molecule has 2 amide bonds. The Labute approximate surface area is 104 Å². The third-order valence-corrected chi connectivity index (χ3v) is 2.95. The topological polar surface area (TPSA) is 63.7 Å². The van der Waals surface area contributed by atoms with E-state index >= 15 is 0 Å². The molecular weight excluding hydrogens is 234 g/mol. The normalized spacial score (nSPS) is 15.6. The number of benzene rings is 1. The van der Waals surface area contributed by atoms with Gasteiger partial charge in [-0.1, -0.05) is 31.0 Å². The first-order valence-electron chi connectivity index (χ1n) is 5.76. The van der Waals surface area contributed by atoms with Crippen LogP contribution >= 0.6 is 0 Å². The molecule has 18 heavy (non-hydrogen) atoms. The number of hydrogen-bond donors (Lipinski definition) is 0. The van der Waals surface area contributed by atoms with Gasteiger partial charge >= 0.3 is 5.97 Å². The molecule has 1 aliphatic rings. The van der Waals surface area contributed by atoms with Crippen LogP contribution in [0.3, 0.4) is 0 Å². The van der Waals surface area contributed by atoms with Gasteiger partial charge in [0.1, 0.15) is 0 Å². The molecular formula is C13H13NO4. The van der Waals surface area contributed by atoms with Crippen LogP contribution in [0.5, 0.6) is 0 Å². The van der Waals surface area contributed by atoms with Gasteiger partial charge in [0, 0.05) is 0 Å². The Morgan fingerprint density at radius 1 is 1.22 bits per heavy atom. The number of imide groups is 1. The highest BCUT2D eigenvalue weighted by molar-refractivity contribution is 6.20. The van der Waals surface area contributed by atoms with E-state index in [-0.39, 0.29) is 17.0 Å². The molecule has 0 N–H and O–H groups in total. The van der Waals surface area contributed by atoms with Crippen molar-refractivity contribution in [3.8, 4) is 0 Å². The molecule has 5 heteroatoms. The second kappa shape index (κ2) is 4.60. The number of fused-ring (bicyclic) bond motifs is 1. The van der Waals surface area contributed by atoms with Crippen molar-refractivity contribution in [2.24, 2.45) is 5.92 Å². The quantitative estimate of drug-likeness (QED) is 0.764. The van der Waals surface area contributed by atoms with Crippen LogP contribution in [-0.2, 0) is 9.63 Å². The van der Waals surface area contributed by atoms with Crippen molar-refractivity contribution in [3.63, 3.8) is 0 Å². The molecule has 0 spiro atoms. The van der Waals surface area contributed by atoms with Gasteiger partial charge in [-0.2, -0.15) is 0 Å². The standard InChI is InChI=1S/C13H13NO4/c1-3-8(2)13(17)18-14-11(15)9-6-4-5-7-10(9)12(14)16/h4-8H,3H2,1-2H3. The van der Waals surface area contributed by atoms with E-state index in [0.717, 1.165) is 0 Å². The van der Waals surface area contributed by atoms with E-state index in [2.05, 4.69) is 0 Å². The summed E-state index contributed by atoms with van der Waals surface area (Å²) in [6.07, 6.45) is 0.585. The molecule has 0 saturated heterocycles. The highest BCUT2D eigenvalue weighted by atomic mass is 16.7. The molecule has 0 aromatic heterocycles. The molecule has 1 aliphatic heterocycles. The lowest BCUT2D eigenvalue weighted by Gasteiger charge is -2.15. The van der Waals surface area contributed by atoms with Crippen LogP contribution in [-0.4, -0.2) is 22.8 Å². The van der Waals surface area contributed by atoms with E-state index in [1.54, 1.807) is 19.1 Å². The van der Waals surface area contributed by atoms with E-state index in [0.29, 0.717) is 11.5 Å². The average Bonchev–Trinajstić information content (AvgIpc) is 2.63. The zero-order valence-electron chi connectivity index (χ0n) is 10.2. The van der Waals surface area contributed by atoms with Crippen LogP contribution in [0.4, 0.5) is 0 Å². The third-order valence-electron chi connectivity index (χ3n) is 2.95. The van der Waals surface area contributed by atoms with Crippen molar-refractivity contribution in [1.82, 2.24) is 5.06 Å². The van der Waals surface area contributed by atoms with E-state index in [1.165, 1.54) is 12.1 Å². The molecule has 0 fully saturated rings. The van der Waals surface area contributed by atoms with Crippen molar-refractivity contribution in [1.29, 1.82) is 0 Å². The van der Waals surface area contributed by atoms with E-state index < -0.39 is 17.8 Å². The highest BCUT2D eigenvalue weighted by Gasteiger charge is 2.39. The number of carbonyl (C=O) groups is 3. The lowest BCUT2D eigenvalue weighted by atomic mass is 10.1. The first-order valence-corrected chi connectivity index (χ1v) is 5.76. The van der Waals surface area contributed by atoms with Crippen LogP contribution in [0.15, 0.2) is 24.3 Å². The summed E-state index contributed by atoms with van der Waals surface area (Å²) in [6.45, 7) is 3.51. The van der Waals surface area contributed by atoms with Gasteiger partial charge in [-0.05, 0) is 18.6 Å². The minimum absolute atomic E-state index is 0.263. The molecule has 2 rings (SSSR count). The van der Waals surface area contributed by atoms with E-state index in [4.69, 9.17) is 4.84 Å². The molecule has 1 aromatic rings. The Bertz CT molecular complexity index is 488. The van der Waals surface area contributed by atoms with Crippen molar-refractivity contribution < 1.29 is 19.2 Å². The maximum atomic E-state index is 11.9. The van der Waals surface area contributed by atoms with Gasteiger partial charge < -0.3 is 4.84 Å². The van der Waals surface area contributed by atoms with E-state index in [1.807, 2.05) is 6.92 Å². The predicted octanol–water partition coefficient (Wildman–Crippen LogP) is 1.79. The molecule has 1 unspecified atom stereocenters. The summed E-state index contributed by atoms with van der Waals surface area (Å²) in [7, 11) is 0. The molecule has 1 atom stereocenters. The molecule has 0 bridgehead atoms. The Morgan fingerprint density at radius 3 is 2.17 bits per heavy atom. The summed E-state index contributed by atoms with van der Waals surface area (Å²) in [5.74, 6) is -2.11. The van der Waals surface area contributed by atoms with Crippen LogP contribution < -0.4 is 0 Å².